The second-order valence-electron chi connectivity index (χ2n) is 7.82. The topological polar surface area (TPSA) is 71.4 Å². The average Bonchev–Trinajstić information content (AvgIpc) is 3.19. The molecule has 0 atom stereocenters. The van der Waals surface area contributed by atoms with E-state index in [2.05, 4.69) is 5.32 Å². The summed E-state index contributed by atoms with van der Waals surface area (Å²) >= 11 is 6.98. The molecule has 0 aliphatic carbocycles. The quantitative estimate of drug-likeness (QED) is 0.474. The molecule has 8 heteroatoms. The maximum absolute atomic E-state index is 12.9. The van der Waals surface area contributed by atoms with Crippen LogP contribution in [0.5, 0.6) is 0 Å². The number of amides is 3. The van der Waals surface area contributed by atoms with Crippen molar-refractivity contribution in [2.45, 2.75) is 20.8 Å². The number of nitrogens with zero attached hydrogens (tertiary/aromatic N) is 2. The van der Waals surface area contributed by atoms with Crippen molar-refractivity contribution in [3.8, 4) is 5.69 Å². The van der Waals surface area contributed by atoms with E-state index in [1.165, 1.54) is 0 Å². The number of nitrogens with one attached hydrogen (secondary N) is 1. The summed E-state index contributed by atoms with van der Waals surface area (Å²) in [5, 5.41) is 2.88. The number of hydrogen-bond acceptors (Lipinski definition) is 4. The molecule has 0 bridgehead atoms. The molecular weight excluding hydrogens is 458 g/mol. The monoisotopic (exact) mass is 479 g/mol. The van der Waals surface area contributed by atoms with E-state index in [4.69, 9.17) is 11.6 Å². The van der Waals surface area contributed by atoms with Crippen LogP contribution in [0.25, 0.3) is 11.8 Å². The van der Waals surface area contributed by atoms with Crippen LogP contribution < -0.4 is 5.32 Å². The van der Waals surface area contributed by atoms with E-state index in [0.717, 1.165) is 44.9 Å². The van der Waals surface area contributed by atoms with Crippen molar-refractivity contribution in [1.29, 1.82) is 0 Å². The van der Waals surface area contributed by atoms with E-state index in [1.54, 1.807) is 18.2 Å². The highest BCUT2D eigenvalue weighted by Crippen LogP contribution is 2.34. The van der Waals surface area contributed by atoms with Crippen LogP contribution in [0.3, 0.4) is 0 Å². The summed E-state index contributed by atoms with van der Waals surface area (Å²) in [6.07, 6.45) is 1.70. The SMILES string of the molecule is Cc1ccc(NC(=O)CN2C(=O)S/C(=C/c3cc(C)n(-c4cccc(Cl)c4)c3C)C2=O)cc1. The summed E-state index contributed by atoms with van der Waals surface area (Å²) in [5.41, 5.74) is 5.30. The smallest absolute Gasteiger partial charge is 0.294 e. The predicted molar refractivity (Wildman–Crippen MR) is 133 cm³/mol. The van der Waals surface area contributed by atoms with Crippen LogP contribution in [0.1, 0.15) is 22.5 Å². The molecule has 3 amide bonds. The van der Waals surface area contributed by atoms with E-state index < -0.39 is 17.1 Å². The molecule has 1 aliphatic rings. The van der Waals surface area contributed by atoms with Crippen LogP contribution in [0.2, 0.25) is 5.02 Å². The first-order chi connectivity index (χ1) is 15.7. The highest BCUT2D eigenvalue weighted by Gasteiger charge is 2.36. The molecular formula is C25H22ClN3O3S. The zero-order valence-corrected chi connectivity index (χ0v) is 20.0. The molecule has 6 nitrogen and oxygen atoms in total. The van der Waals surface area contributed by atoms with Gasteiger partial charge in [0, 0.05) is 27.8 Å². The third-order valence-corrected chi connectivity index (χ3v) is 6.48. The van der Waals surface area contributed by atoms with Gasteiger partial charge in [0.2, 0.25) is 5.91 Å². The van der Waals surface area contributed by atoms with Gasteiger partial charge in [0.25, 0.3) is 11.1 Å². The third kappa shape index (κ3) is 4.89. The largest absolute Gasteiger partial charge is 0.325 e. The molecule has 168 valence electrons. The van der Waals surface area contributed by atoms with Gasteiger partial charge in [0.05, 0.1) is 4.91 Å². The molecule has 1 N–H and O–H groups in total. The van der Waals surface area contributed by atoms with Gasteiger partial charge in [0.15, 0.2) is 0 Å². The fourth-order valence-corrected chi connectivity index (χ4v) is 4.72. The number of aromatic nitrogens is 1. The Morgan fingerprint density at radius 1 is 1.06 bits per heavy atom. The second kappa shape index (κ2) is 9.29. The van der Waals surface area contributed by atoms with Gasteiger partial charge in [0.1, 0.15) is 6.54 Å². The Bertz CT molecular complexity index is 1290. The lowest BCUT2D eigenvalue weighted by atomic mass is 10.2. The number of carbonyl (C=O) groups is 3. The Balaban J connectivity index is 1.53. The highest BCUT2D eigenvalue weighted by molar-refractivity contribution is 8.18. The van der Waals surface area contributed by atoms with Crippen LogP contribution in [0, 0.1) is 20.8 Å². The summed E-state index contributed by atoms with van der Waals surface area (Å²) in [6, 6.07) is 16.8. The summed E-state index contributed by atoms with van der Waals surface area (Å²) in [4.78, 5) is 39.0. The second-order valence-corrected chi connectivity index (χ2v) is 9.25. The standard InChI is InChI=1S/C25H22ClN3O3S/c1-15-7-9-20(10-8-15)27-23(30)14-28-24(31)22(33-25(28)32)12-18-11-16(2)29(17(18)3)21-6-4-5-19(26)13-21/h4-13H,14H2,1-3H3,(H,27,30)/b22-12+. The van der Waals surface area contributed by atoms with Crippen molar-refractivity contribution in [1.82, 2.24) is 9.47 Å². The van der Waals surface area contributed by atoms with Gasteiger partial charge in [-0.1, -0.05) is 35.4 Å². The molecule has 0 saturated carbocycles. The summed E-state index contributed by atoms with van der Waals surface area (Å²) in [7, 11) is 0. The first-order valence-electron chi connectivity index (χ1n) is 10.3. The fraction of sp³-hybridized carbons (Fsp3) is 0.160. The van der Waals surface area contributed by atoms with Crippen LogP contribution in [0.15, 0.2) is 59.5 Å². The van der Waals surface area contributed by atoms with Crippen molar-refractivity contribution in [3.63, 3.8) is 0 Å². The molecule has 0 unspecified atom stereocenters. The molecule has 2 aromatic carbocycles. The summed E-state index contributed by atoms with van der Waals surface area (Å²) in [6.45, 7) is 5.52. The van der Waals surface area contributed by atoms with Gasteiger partial charge in [-0.2, -0.15) is 0 Å². The fourth-order valence-electron chi connectivity index (χ4n) is 3.70. The Labute approximate surface area is 201 Å². The normalized spacial score (nSPS) is 14.9. The third-order valence-electron chi connectivity index (χ3n) is 5.33. The van der Waals surface area contributed by atoms with Crippen LogP contribution >= 0.6 is 23.4 Å². The number of imide groups is 1. The first kappa shape index (κ1) is 22.9. The number of anilines is 1. The minimum Gasteiger partial charge on any atom is -0.325 e. The molecule has 1 saturated heterocycles. The summed E-state index contributed by atoms with van der Waals surface area (Å²) in [5.74, 6) is -0.904. The molecule has 0 radical (unpaired) electrons. The van der Waals surface area contributed by atoms with Gasteiger partial charge >= 0.3 is 0 Å². The van der Waals surface area contributed by atoms with Gasteiger partial charge in [-0.05, 0) is 80.6 Å². The maximum atomic E-state index is 12.9. The Kier molecular flexibility index (Phi) is 6.44. The lowest BCUT2D eigenvalue weighted by Gasteiger charge is -2.12. The molecule has 1 aliphatic heterocycles. The number of thioether (sulfide) groups is 1. The van der Waals surface area contributed by atoms with Crippen LogP contribution in [0.4, 0.5) is 10.5 Å². The zero-order valence-electron chi connectivity index (χ0n) is 18.4. The van der Waals surface area contributed by atoms with Gasteiger partial charge < -0.3 is 9.88 Å². The minimum atomic E-state index is -0.475. The van der Waals surface area contributed by atoms with Crippen molar-refractivity contribution in [2.75, 3.05) is 11.9 Å². The van der Waals surface area contributed by atoms with Crippen LogP contribution in [-0.4, -0.2) is 33.1 Å². The molecule has 33 heavy (non-hydrogen) atoms. The number of carbonyl (C=O) groups excluding carboxylic acids is 3. The van der Waals surface area contributed by atoms with Gasteiger partial charge in [-0.25, -0.2) is 0 Å². The molecule has 0 spiro atoms. The number of aryl methyl sites for hydroxylation is 2. The van der Waals surface area contributed by atoms with Crippen LogP contribution in [-0.2, 0) is 9.59 Å². The van der Waals surface area contributed by atoms with Crippen molar-refractivity contribution in [3.05, 3.63) is 87.0 Å². The average molecular weight is 480 g/mol. The van der Waals surface area contributed by atoms with E-state index >= 15 is 0 Å². The highest BCUT2D eigenvalue weighted by atomic mass is 35.5. The number of rotatable bonds is 5. The number of benzene rings is 2. The zero-order chi connectivity index (χ0) is 23.7. The van der Waals surface area contributed by atoms with Crippen molar-refractivity contribution in [2.24, 2.45) is 0 Å². The van der Waals surface area contributed by atoms with Crippen molar-refractivity contribution < 1.29 is 14.4 Å². The Morgan fingerprint density at radius 2 is 1.79 bits per heavy atom. The molecule has 1 fully saturated rings. The van der Waals surface area contributed by atoms with E-state index in [9.17, 15) is 14.4 Å². The Hall–Kier alpha value is -3.29. The first-order valence-corrected chi connectivity index (χ1v) is 11.5. The van der Waals surface area contributed by atoms with Gasteiger partial charge in [-0.15, -0.1) is 0 Å². The lowest BCUT2D eigenvalue weighted by Crippen LogP contribution is -2.36. The lowest BCUT2D eigenvalue weighted by molar-refractivity contribution is -0.127. The molecule has 2 heterocycles. The Morgan fingerprint density at radius 3 is 2.48 bits per heavy atom. The predicted octanol–water partition coefficient (Wildman–Crippen LogP) is 5.73. The van der Waals surface area contributed by atoms with E-state index in [0.29, 0.717) is 10.7 Å². The maximum Gasteiger partial charge on any atom is 0.294 e. The van der Waals surface area contributed by atoms with E-state index in [1.807, 2.05) is 67.8 Å². The number of halogens is 1. The molecule has 3 aromatic rings. The van der Waals surface area contributed by atoms with Crippen molar-refractivity contribution >= 4 is 52.2 Å². The summed E-state index contributed by atoms with van der Waals surface area (Å²) < 4.78 is 2.04. The molecule has 1 aromatic heterocycles. The minimum absolute atomic E-state index is 0.287. The van der Waals surface area contributed by atoms with E-state index in [-0.39, 0.29) is 11.4 Å². The molecule has 4 rings (SSSR count). The van der Waals surface area contributed by atoms with Gasteiger partial charge in [-0.3, -0.25) is 19.3 Å². The number of hydrogen-bond donors (Lipinski definition) is 1.